The second kappa shape index (κ2) is 5.53. The number of amides is 2. The number of rotatable bonds is 3. The van der Waals surface area contributed by atoms with Crippen molar-refractivity contribution in [2.24, 2.45) is 11.7 Å². The molecule has 0 heterocycles. The molecule has 0 aliphatic heterocycles. The van der Waals surface area contributed by atoms with E-state index < -0.39 is 0 Å². The highest BCUT2D eigenvalue weighted by atomic mass is 16.2. The summed E-state index contributed by atoms with van der Waals surface area (Å²) in [5.41, 5.74) is 6.03. The van der Waals surface area contributed by atoms with E-state index in [0.717, 1.165) is 32.2 Å². The van der Waals surface area contributed by atoms with Crippen LogP contribution in [0.2, 0.25) is 0 Å². The molecule has 0 bridgehead atoms. The Morgan fingerprint density at radius 2 is 1.88 bits per heavy atom. The summed E-state index contributed by atoms with van der Waals surface area (Å²) in [4.78, 5) is 11.5. The van der Waals surface area contributed by atoms with Crippen LogP contribution in [0, 0.1) is 5.92 Å². The van der Waals surface area contributed by atoms with Crippen LogP contribution in [-0.4, -0.2) is 24.7 Å². The SMILES string of the molecule is NC1CCCCC1CNC(=O)NC1CCC1. The van der Waals surface area contributed by atoms with Crippen molar-refractivity contribution >= 4 is 6.03 Å². The minimum absolute atomic E-state index is 0.0116. The van der Waals surface area contributed by atoms with Gasteiger partial charge in [0.05, 0.1) is 0 Å². The third-order valence-electron chi connectivity index (χ3n) is 3.93. The number of urea groups is 1. The van der Waals surface area contributed by atoms with E-state index in [4.69, 9.17) is 5.73 Å². The molecule has 2 atom stereocenters. The van der Waals surface area contributed by atoms with Crippen LogP contribution >= 0.6 is 0 Å². The molecule has 4 nitrogen and oxygen atoms in total. The summed E-state index contributed by atoms with van der Waals surface area (Å²) in [5.74, 6) is 0.473. The van der Waals surface area contributed by atoms with Crippen molar-refractivity contribution in [2.75, 3.05) is 6.54 Å². The van der Waals surface area contributed by atoms with Gasteiger partial charge in [-0.3, -0.25) is 0 Å². The van der Waals surface area contributed by atoms with Crippen molar-refractivity contribution in [1.82, 2.24) is 10.6 Å². The molecule has 2 aliphatic carbocycles. The van der Waals surface area contributed by atoms with Crippen LogP contribution in [0.4, 0.5) is 4.79 Å². The van der Waals surface area contributed by atoms with Gasteiger partial charge in [0.15, 0.2) is 0 Å². The Balaban J connectivity index is 1.63. The molecule has 2 rings (SSSR count). The van der Waals surface area contributed by atoms with Crippen molar-refractivity contribution in [3.8, 4) is 0 Å². The van der Waals surface area contributed by atoms with Crippen LogP contribution in [0.5, 0.6) is 0 Å². The second-order valence-corrected chi connectivity index (χ2v) is 5.19. The summed E-state index contributed by atoms with van der Waals surface area (Å²) < 4.78 is 0. The Hall–Kier alpha value is -0.770. The van der Waals surface area contributed by atoms with E-state index in [2.05, 4.69) is 10.6 Å². The van der Waals surface area contributed by atoms with E-state index in [1.165, 1.54) is 19.3 Å². The number of hydrogen-bond donors (Lipinski definition) is 3. The van der Waals surface area contributed by atoms with Gasteiger partial charge in [0.1, 0.15) is 0 Å². The molecular formula is C12H23N3O. The first-order valence-electron chi connectivity index (χ1n) is 6.55. The molecule has 2 aliphatic rings. The maximum atomic E-state index is 11.5. The third-order valence-corrected chi connectivity index (χ3v) is 3.93. The first-order valence-corrected chi connectivity index (χ1v) is 6.55. The highest BCUT2D eigenvalue weighted by molar-refractivity contribution is 5.74. The van der Waals surface area contributed by atoms with E-state index in [0.29, 0.717) is 12.0 Å². The van der Waals surface area contributed by atoms with Gasteiger partial charge in [0.25, 0.3) is 0 Å². The van der Waals surface area contributed by atoms with E-state index in [1.807, 2.05) is 0 Å². The van der Waals surface area contributed by atoms with Gasteiger partial charge in [0.2, 0.25) is 0 Å². The van der Waals surface area contributed by atoms with Crippen molar-refractivity contribution in [3.63, 3.8) is 0 Å². The monoisotopic (exact) mass is 225 g/mol. The highest BCUT2D eigenvalue weighted by Crippen LogP contribution is 2.22. The predicted octanol–water partition coefficient (Wildman–Crippen LogP) is 1.36. The summed E-state index contributed by atoms with van der Waals surface area (Å²) in [6.07, 6.45) is 8.28. The van der Waals surface area contributed by atoms with Crippen LogP contribution in [0.3, 0.4) is 0 Å². The van der Waals surface area contributed by atoms with Crippen LogP contribution in [-0.2, 0) is 0 Å². The zero-order valence-corrected chi connectivity index (χ0v) is 9.87. The molecule has 92 valence electrons. The Morgan fingerprint density at radius 1 is 1.12 bits per heavy atom. The Labute approximate surface area is 97.3 Å². The zero-order valence-electron chi connectivity index (χ0n) is 9.87. The van der Waals surface area contributed by atoms with E-state index >= 15 is 0 Å². The molecule has 2 amide bonds. The quantitative estimate of drug-likeness (QED) is 0.679. The topological polar surface area (TPSA) is 67.1 Å². The van der Waals surface area contributed by atoms with Gasteiger partial charge in [-0.05, 0) is 38.0 Å². The Morgan fingerprint density at radius 3 is 2.50 bits per heavy atom. The molecule has 0 aromatic rings. The Kier molecular flexibility index (Phi) is 4.04. The fourth-order valence-electron chi connectivity index (χ4n) is 2.50. The van der Waals surface area contributed by atoms with Crippen LogP contribution < -0.4 is 16.4 Å². The summed E-state index contributed by atoms with van der Waals surface area (Å²) in [6.45, 7) is 0.736. The molecule has 4 heteroatoms. The normalized spacial score (nSPS) is 30.6. The molecule has 2 saturated carbocycles. The highest BCUT2D eigenvalue weighted by Gasteiger charge is 2.23. The van der Waals surface area contributed by atoms with Gasteiger partial charge in [-0.15, -0.1) is 0 Å². The standard InChI is InChI=1S/C12H23N3O/c13-11-7-2-1-4-9(11)8-14-12(16)15-10-5-3-6-10/h9-11H,1-8,13H2,(H2,14,15,16). The van der Waals surface area contributed by atoms with Crippen LogP contribution in [0.25, 0.3) is 0 Å². The third kappa shape index (κ3) is 3.11. The molecule has 0 aromatic carbocycles. The molecule has 2 unspecified atom stereocenters. The zero-order chi connectivity index (χ0) is 11.4. The lowest BCUT2D eigenvalue weighted by Crippen LogP contribution is -2.48. The van der Waals surface area contributed by atoms with Gasteiger partial charge in [-0.2, -0.15) is 0 Å². The van der Waals surface area contributed by atoms with Gasteiger partial charge in [0, 0.05) is 18.6 Å². The van der Waals surface area contributed by atoms with Crippen molar-refractivity contribution < 1.29 is 4.79 Å². The molecule has 0 saturated heterocycles. The second-order valence-electron chi connectivity index (χ2n) is 5.19. The maximum Gasteiger partial charge on any atom is 0.315 e. The minimum Gasteiger partial charge on any atom is -0.338 e. The van der Waals surface area contributed by atoms with Crippen molar-refractivity contribution in [2.45, 2.75) is 57.0 Å². The number of nitrogens with one attached hydrogen (secondary N) is 2. The molecule has 0 spiro atoms. The first kappa shape index (κ1) is 11.7. The molecular weight excluding hydrogens is 202 g/mol. The number of nitrogens with two attached hydrogens (primary N) is 1. The Bertz CT molecular complexity index is 240. The largest absolute Gasteiger partial charge is 0.338 e. The van der Waals surface area contributed by atoms with Gasteiger partial charge in [-0.1, -0.05) is 12.8 Å². The lowest BCUT2D eigenvalue weighted by molar-refractivity contribution is 0.222. The van der Waals surface area contributed by atoms with Gasteiger partial charge in [-0.25, -0.2) is 4.79 Å². The fourth-order valence-corrected chi connectivity index (χ4v) is 2.50. The molecule has 4 N–H and O–H groups in total. The molecule has 16 heavy (non-hydrogen) atoms. The number of hydrogen-bond acceptors (Lipinski definition) is 2. The smallest absolute Gasteiger partial charge is 0.315 e. The van der Waals surface area contributed by atoms with Crippen LogP contribution in [0.15, 0.2) is 0 Å². The number of carbonyl (C=O) groups is 1. The average molecular weight is 225 g/mol. The maximum absolute atomic E-state index is 11.5. The fraction of sp³-hybridized carbons (Fsp3) is 0.917. The van der Waals surface area contributed by atoms with Crippen LogP contribution in [0.1, 0.15) is 44.9 Å². The first-order chi connectivity index (χ1) is 7.75. The lowest BCUT2D eigenvalue weighted by Gasteiger charge is -2.30. The molecule has 2 fully saturated rings. The van der Waals surface area contributed by atoms with Crippen molar-refractivity contribution in [3.05, 3.63) is 0 Å². The summed E-state index contributed by atoms with van der Waals surface area (Å²) in [5, 5.41) is 5.93. The van der Waals surface area contributed by atoms with Gasteiger partial charge < -0.3 is 16.4 Å². The van der Waals surface area contributed by atoms with E-state index in [1.54, 1.807) is 0 Å². The predicted molar refractivity (Wildman–Crippen MR) is 64.1 cm³/mol. The van der Waals surface area contributed by atoms with E-state index in [-0.39, 0.29) is 12.1 Å². The average Bonchev–Trinajstić information content (AvgIpc) is 2.22. The van der Waals surface area contributed by atoms with Gasteiger partial charge >= 0.3 is 6.03 Å². The molecule has 0 radical (unpaired) electrons. The summed E-state index contributed by atoms with van der Waals surface area (Å²) in [6, 6.07) is 0.681. The lowest BCUT2D eigenvalue weighted by atomic mass is 9.85. The minimum atomic E-state index is -0.0116. The molecule has 0 aromatic heterocycles. The summed E-state index contributed by atoms with van der Waals surface area (Å²) in [7, 11) is 0. The van der Waals surface area contributed by atoms with Crippen molar-refractivity contribution in [1.29, 1.82) is 0 Å². The summed E-state index contributed by atoms with van der Waals surface area (Å²) >= 11 is 0. The van der Waals surface area contributed by atoms with E-state index in [9.17, 15) is 4.79 Å². The number of carbonyl (C=O) groups excluding carboxylic acids is 1.